The van der Waals surface area contributed by atoms with Crippen molar-refractivity contribution in [3.63, 3.8) is 0 Å². The van der Waals surface area contributed by atoms with Crippen molar-refractivity contribution in [1.29, 1.82) is 0 Å². The van der Waals surface area contributed by atoms with Gasteiger partial charge in [-0.1, -0.05) is 12.1 Å². The summed E-state index contributed by atoms with van der Waals surface area (Å²) < 4.78 is 2.17. The Morgan fingerprint density at radius 3 is 2.79 bits per heavy atom. The Bertz CT molecular complexity index is 457. The lowest BCUT2D eigenvalue weighted by Gasteiger charge is -2.01. The van der Waals surface area contributed by atoms with Crippen LogP contribution in [0.3, 0.4) is 0 Å². The molecule has 0 bridgehead atoms. The van der Waals surface area contributed by atoms with Crippen LogP contribution in [0.25, 0.3) is 10.9 Å². The van der Waals surface area contributed by atoms with Crippen LogP contribution in [0.5, 0.6) is 0 Å². The molecule has 0 unspecified atom stereocenters. The molecule has 1 aromatic carbocycles. The molecule has 1 heterocycles. The number of hydrogen-bond donors (Lipinski definition) is 1. The molecular weight excluding hydrogens is 174 g/mol. The third-order valence-electron chi connectivity index (χ3n) is 2.70. The van der Waals surface area contributed by atoms with Gasteiger partial charge in [0.1, 0.15) is 0 Å². The van der Waals surface area contributed by atoms with Gasteiger partial charge in [-0.25, -0.2) is 0 Å². The van der Waals surface area contributed by atoms with E-state index >= 15 is 0 Å². The van der Waals surface area contributed by atoms with Crippen molar-refractivity contribution in [2.45, 2.75) is 27.0 Å². The summed E-state index contributed by atoms with van der Waals surface area (Å²) in [5, 5.41) is 10.5. The van der Waals surface area contributed by atoms with Crippen molar-refractivity contribution in [2.24, 2.45) is 0 Å². The van der Waals surface area contributed by atoms with Gasteiger partial charge in [-0.15, -0.1) is 0 Å². The zero-order valence-corrected chi connectivity index (χ0v) is 8.62. The summed E-state index contributed by atoms with van der Waals surface area (Å²) >= 11 is 0. The highest BCUT2D eigenvalue weighted by Gasteiger charge is 2.07. The molecule has 0 atom stereocenters. The Morgan fingerprint density at radius 1 is 1.36 bits per heavy atom. The highest BCUT2D eigenvalue weighted by Crippen LogP contribution is 2.24. The zero-order chi connectivity index (χ0) is 10.1. The van der Waals surface area contributed by atoms with Gasteiger partial charge >= 0.3 is 0 Å². The minimum atomic E-state index is 0.119. The van der Waals surface area contributed by atoms with Crippen LogP contribution in [-0.4, -0.2) is 9.67 Å². The zero-order valence-electron chi connectivity index (χ0n) is 8.62. The molecule has 0 aliphatic rings. The largest absolute Gasteiger partial charge is 0.392 e. The molecule has 74 valence electrons. The van der Waals surface area contributed by atoms with E-state index in [2.05, 4.69) is 36.6 Å². The molecule has 14 heavy (non-hydrogen) atoms. The first-order valence-corrected chi connectivity index (χ1v) is 4.96. The molecule has 2 nitrogen and oxygen atoms in total. The standard InChI is InChI=1S/C12H15NO/c1-3-13-7-10(8-14)12-9(2)5-4-6-11(12)13/h4-7,14H,3,8H2,1-2H3. The topological polar surface area (TPSA) is 25.2 Å². The fourth-order valence-electron chi connectivity index (χ4n) is 2.01. The van der Waals surface area contributed by atoms with Crippen molar-refractivity contribution < 1.29 is 5.11 Å². The monoisotopic (exact) mass is 189 g/mol. The minimum absolute atomic E-state index is 0.119. The van der Waals surface area contributed by atoms with E-state index in [-0.39, 0.29) is 6.61 Å². The third kappa shape index (κ3) is 1.23. The number of nitrogens with zero attached hydrogens (tertiary/aromatic N) is 1. The van der Waals surface area contributed by atoms with Crippen molar-refractivity contribution in [2.75, 3.05) is 0 Å². The van der Waals surface area contributed by atoms with Crippen LogP contribution < -0.4 is 0 Å². The number of aliphatic hydroxyl groups excluding tert-OH is 1. The SMILES string of the molecule is CCn1cc(CO)c2c(C)cccc21. The number of aliphatic hydroxyl groups is 1. The Balaban J connectivity index is 2.82. The second kappa shape index (κ2) is 3.46. The van der Waals surface area contributed by atoms with Gasteiger partial charge in [0.15, 0.2) is 0 Å². The molecule has 0 aliphatic heterocycles. The van der Waals surface area contributed by atoms with E-state index in [1.165, 1.54) is 16.5 Å². The molecule has 0 spiro atoms. The maximum atomic E-state index is 9.26. The van der Waals surface area contributed by atoms with Crippen LogP contribution in [-0.2, 0) is 13.2 Å². The summed E-state index contributed by atoms with van der Waals surface area (Å²) in [7, 11) is 0. The van der Waals surface area contributed by atoms with Gasteiger partial charge in [0.25, 0.3) is 0 Å². The number of aryl methyl sites for hydroxylation is 2. The Hall–Kier alpha value is -1.28. The van der Waals surface area contributed by atoms with E-state index < -0.39 is 0 Å². The lowest BCUT2D eigenvalue weighted by molar-refractivity contribution is 0.283. The molecule has 2 rings (SSSR count). The lowest BCUT2D eigenvalue weighted by atomic mass is 10.1. The lowest BCUT2D eigenvalue weighted by Crippen LogP contribution is -1.90. The molecule has 0 saturated carbocycles. The van der Waals surface area contributed by atoms with E-state index in [0.717, 1.165) is 12.1 Å². The fraction of sp³-hybridized carbons (Fsp3) is 0.333. The second-order valence-corrected chi connectivity index (χ2v) is 3.57. The predicted octanol–water partition coefficient (Wildman–Crippen LogP) is 2.46. The fourth-order valence-corrected chi connectivity index (χ4v) is 2.01. The number of fused-ring (bicyclic) bond motifs is 1. The summed E-state index contributed by atoms with van der Waals surface area (Å²) in [6, 6.07) is 6.25. The smallest absolute Gasteiger partial charge is 0.0702 e. The normalized spacial score (nSPS) is 11.1. The van der Waals surface area contributed by atoms with Crippen LogP contribution >= 0.6 is 0 Å². The number of hydrogen-bond acceptors (Lipinski definition) is 1. The first kappa shape index (κ1) is 9.28. The molecule has 2 heteroatoms. The van der Waals surface area contributed by atoms with E-state index in [0.29, 0.717) is 0 Å². The molecule has 2 aromatic rings. The van der Waals surface area contributed by atoms with E-state index in [1.54, 1.807) is 0 Å². The average Bonchev–Trinajstić information content (AvgIpc) is 2.57. The molecule has 0 radical (unpaired) electrons. The highest BCUT2D eigenvalue weighted by atomic mass is 16.3. The Labute approximate surface area is 83.8 Å². The first-order valence-electron chi connectivity index (χ1n) is 4.96. The van der Waals surface area contributed by atoms with Crippen LogP contribution in [0.1, 0.15) is 18.1 Å². The predicted molar refractivity (Wildman–Crippen MR) is 58.3 cm³/mol. The van der Waals surface area contributed by atoms with Crippen molar-refractivity contribution >= 4 is 10.9 Å². The van der Waals surface area contributed by atoms with E-state index in [1.807, 2.05) is 6.20 Å². The van der Waals surface area contributed by atoms with Crippen LogP contribution in [0, 0.1) is 6.92 Å². The van der Waals surface area contributed by atoms with Crippen LogP contribution in [0.2, 0.25) is 0 Å². The maximum Gasteiger partial charge on any atom is 0.0702 e. The van der Waals surface area contributed by atoms with Crippen LogP contribution in [0.15, 0.2) is 24.4 Å². The highest BCUT2D eigenvalue weighted by molar-refractivity contribution is 5.87. The molecule has 0 fully saturated rings. The van der Waals surface area contributed by atoms with Gasteiger partial charge in [0.2, 0.25) is 0 Å². The summed E-state index contributed by atoms with van der Waals surface area (Å²) in [6.45, 7) is 5.26. The van der Waals surface area contributed by atoms with Gasteiger partial charge < -0.3 is 9.67 Å². The van der Waals surface area contributed by atoms with Gasteiger partial charge in [-0.05, 0) is 25.5 Å². The van der Waals surface area contributed by atoms with E-state index in [4.69, 9.17) is 0 Å². The summed E-state index contributed by atoms with van der Waals surface area (Å²) in [4.78, 5) is 0. The van der Waals surface area contributed by atoms with Crippen molar-refractivity contribution in [3.05, 3.63) is 35.5 Å². The number of rotatable bonds is 2. The summed E-state index contributed by atoms with van der Waals surface area (Å²) in [5.74, 6) is 0. The van der Waals surface area contributed by atoms with Gasteiger partial charge in [-0.3, -0.25) is 0 Å². The average molecular weight is 189 g/mol. The molecule has 0 aliphatic carbocycles. The molecule has 0 amide bonds. The Kier molecular flexibility index (Phi) is 2.30. The van der Waals surface area contributed by atoms with Gasteiger partial charge in [0, 0.05) is 29.2 Å². The second-order valence-electron chi connectivity index (χ2n) is 3.57. The van der Waals surface area contributed by atoms with E-state index in [9.17, 15) is 5.11 Å². The number of aromatic nitrogens is 1. The minimum Gasteiger partial charge on any atom is -0.392 e. The molecule has 1 N–H and O–H groups in total. The molecular formula is C12H15NO. The van der Waals surface area contributed by atoms with Gasteiger partial charge in [0.05, 0.1) is 6.61 Å². The molecule has 1 aromatic heterocycles. The summed E-state index contributed by atoms with van der Waals surface area (Å²) in [5.41, 5.74) is 3.48. The molecule has 0 saturated heterocycles. The number of benzene rings is 1. The maximum absolute atomic E-state index is 9.26. The van der Waals surface area contributed by atoms with Crippen molar-refractivity contribution in [1.82, 2.24) is 4.57 Å². The van der Waals surface area contributed by atoms with Gasteiger partial charge in [-0.2, -0.15) is 0 Å². The first-order chi connectivity index (χ1) is 6.77. The quantitative estimate of drug-likeness (QED) is 0.771. The summed E-state index contributed by atoms with van der Waals surface area (Å²) in [6.07, 6.45) is 2.04. The Morgan fingerprint density at radius 2 is 2.14 bits per heavy atom. The van der Waals surface area contributed by atoms with Crippen molar-refractivity contribution in [3.8, 4) is 0 Å². The van der Waals surface area contributed by atoms with Crippen LogP contribution in [0.4, 0.5) is 0 Å². The third-order valence-corrected chi connectivity index (χ3v) is 2.70.